The zero-order valence-corrected chi connectivity index (χ0v) is 10.1. The Balaban J connectivity index is 2.15. The summed E-state index contributed by atoms with van der Waals surface area (Å²) in [6.07, 6.45) is 2.73. The lowest BCUT2D eigenvalue weighted by atomic mass is 9.87. The largest absolute Gasteiger partial charge is 0.385 e. The van der Waals surface area contributed by atoms with Crippen LogP contribution < -0.4 is 0 Å². The second kappa shape index (κ2) is 4.24. The van der Waals surface area contributed by atoms with Crippen LogP contribution >= 0.6 is 11.3 Å². The number of aryl methyl sites for hydroxylation is 1. The third-order valence-corrected chi connectivity index (χ3v) is 4.02. The quantitative estimate of drug-likeness (QED) is 0.840. The minimum absolute atomic E-state index is 0.383. The smallest absolute Gasteiger partial charge is 0.108 e. The second-order valence-corrected chi connectivity index (χ2v) is 5.63. The van der Waals surface area contributed by atoms with E-state index in [0.29, 0.717) is 0 Å². The Morgan fingerprint density at radius 3 is 2.87 bits per heavy atom. The highest BCUT2D eigenvalue weighted by Gasteiger charge is 2.36. The lowest BCUT2D eigenvalue weighted by Gasteiger charge is -2.37. The number of hydrogen-bond acceptors (Lipinski definition) is 3. The molecule has 1 aromatic heterocycles. The summed E-state index contributed by atoms with van der Waals surface area (Å²) in [5, 5.41) is 12.3. The first-order chi connectivity index (χ1) is 7.12. The number of rotatable bonds is 2. The molecule has 2 rings (SSSR count). The van der Waals surface area contributed by atoms with Gasteiger partial charge in [-0.3, -0.25) is 0 Å². The van der Waals surface area contributed by atoms with Crippen molar-refractivity contribution in [2.45, 2.75) is 44.8 Å². The van der Waals surface area contributed by atoms with Gasteiger partial charge in [-0.1, -0.05) is 0 Å². The normalized spacial score (nSPS) is 29.0. The third-order valence-electron chi connectivity index (χ3n) is 3.14. The van der Waals surface area contributed by atoms with Crippen LogP contribution in [0.1, 0.15) is 42.7 Å². The second-order valence-electron chi connectivity index (χ2n) is 4.51. The molecule has 84 valence electrons. The molecule has 2 unspecified atom stereocenters. The molecule has 0 bridgehead atoms. The van der Waals surface area contributed by atoms with Crippen molar-refractivity contribution in [3.05, 3.63) is 21.9 Å². The predicted molar refractivity (Wildman–Crippen MR) is 62.2 cm³/mol. The first kappa shape index (κ1) is 11.1. The Bertz CT molecular complexity index is 326. The average molecular weight is 226 g/mol. The number of aliphatic hydroxyl groups is 1. The topological polar surface area (TPSA) is 29.5 Å². The van der Waals surface area contributed by atoms with Crippen molar-refractivity contribution in [1.29, 1.82) is 0 Å². The summed E-state index contributed by atoms with van der Waals surface area (Å²) in [6, 6.07) is 2.05. The first-order valence-electron chi connectivity index (χ1n) is 5.49. The molecule has 0 radical (unpaired) electrons. The third kappa shape index (κ3) is 2.25. The summed E-state index contributed by atoms with van der Waals surface area (Å²) in [5.41, 5.74) is 0.619. The maximum Gasteiger partial charge on any atom is 0.108 e. The minimum atomic E-state index is -0.484. The van der Waals surface area contributed by atoms with Gasteiger partial charge in [-0.05, 0) is 50.1 Å². The molecule has 1 aromatic rings. The van der Waals surface area contributed by atoms with Gasteiger partial charge < -0.3 is 9.84 Å². The first-order valence-corrected chi connectivity index (χ1v) is 6.37. The molecule has 1 aliphatic rings. The zero-order valence-electron chi connectivity index (χ0n) is 9.32. The van der Waals surface area contributed by atoms with E-state index in [2.05, 4.69) is 13.0 Å². The summed E-state index contributed by atoms with van der Waals surface area (Å²) in [4.78, 5) is 1.24. The van der Waals surface area contributed by atoms with E-state index in [1.165, 1.54) is 4.88 Å². The van der Waals surface area contributed by atoms with E-state index < -0.39 is 6.10 Å². The molecule has 1 fully saturated rings. The molecule has 3 heteroatoms. The average Bonchev–Trinajstić information content (AvgIpc) is 2.65. The van der Waals surface area contributed by atoms with Crippen molar-refractivity contribution in [3.8, 4) is 0 Å². The molecule has 2 nitrogen and oxygen atoms in total. The highest BCUT2D eigenvalue weighted by molar-refractivity contribution is 7.10. The van der Waals surface area contributed by atoms with Gasteiger partial charge >= 0.3 is 0 Å². The van der Waals surface area contributed by atoms with Gasteiger partial charge in [0.25, 0.3) is 0 Å². The van der Waals surface area contributed by atoms with Crippen molar-refractivity contribution in [1.82, 2.24) is 0 Å². The Kier molecular flexibility index (Phi) is 3.14. The molecule has 0 saturated carbocycles. The molecular formula is C12H18O2S. The molecular weight excluding hydrogens is 208 g/mol. The fraction of sp³-hybridized carbons (Fsp3) is 0.667. The zero-order chi connectivity index (χ0) is 10.9. The lowest BCUT2D eigenvalue weighted by Crippen LogP contribution is -2.39. The maximum absolute atomic E-state index is 10.3. The minimum Gasteiger partial charge on any atom is -0.385 e. The summed E-state index contributed by atoms with van der Waals surface area (Å²) in [6.45, 7) is 4.85. The number of thiophene rings is 1. The highest BCUT2D eigenvalue weighted by atomic mass is 32.1. The molecule has 1 aliphatic heterocycles. The van der Waals surface area contributed by atoms with Gasteiger partial charge in [0.1, 0.15) is 6.10 Å². The van der Waals surface area contributed by atoms with Gasteiger partial charge in [-0.15, -0.1) is 11.3 Å². The van der Waals surface area contributed by atoms with Crippen LogP contribution in [0.4, 0.5) is 0 Å². The van der Waals surface area contributed by atoms with Crippen LogP contribution in [0.15, 0.2) is 11.4 Å². The van der Waals surface area contributed by atoms with E-state index in [9.17, 15) is 5.11 Å². The van der Waals surface area contributed by atoms with Crippen molar-refractivity contribution >= 4 is 11.3 Å². The predicted octanol–water partition coefficient (Wildman–Crippen LogP) is 3.05. The fourth-order valence-electron chi connectivity index (χ4n) is 2.13. The molecule has 0 aromatic carbocycles. The fourth-order valence-corrected chi connectivity index (χ4v) is 2.85. The van der Waals surface area contributed by atoms with Gasteiger partial charge in [0.15, 0.2) is 0 Å². The molecule has 1 N–H and O–H groups in total. The van der Waals surface area contributed by atoms with Gasteiger partial charge in [0.2, 0.25) is 0 Å². The summed E-state index contributed by atoms with van der Waals surface area (Å²) >= 11 is 1.68. The Morgan fingerprint density at radius 2 is 2.33 bits per heavy atom. The van der Waals surface area contributed by atoms with E-state index in [4.69, 9.17) is 4.74 Å². The van der Waals surface area contributed by atoms with Gasteiger partial charge in [0.05, 0.1) is 5.60 Å². The summed E-state index contributed by atoms with van der Waals surface area (Å²) in [7, 11) is 0. The van der Waals surface area contributed by atoms with Crippen LogP contribution in [0.25, 0.3) is 0 Å². The van der Waals surface area contributed by atoms with Crippen molar-refractivity contribution < 1.29 is 9.84 Å². The maximum atomic E-state index is 10.3. The number of aliphatic hydroxyl groups excluding tert-OH is 1. The summed E-state index contributed by atoms with van der Waals surface area (Å²) in [5.74, 6) is 0. The van der Waals surface area contributed by atoms with Crippen LogP contribution in [-0.4, -0.2) is 17.3 Å². The molecule has 0 amide bonds. The van der Waals surface area contributed by atoms with Crippen molar-refractivity contribution in [2.75, 3.05) is 6.61 Å². The van der Waals surface area contributed by atoms with E-state index in [-0.39, 0.29) is 5.60 Å². The molecule has 2 atom stereocenters. The monoisotopic (exact) mass is 226 g/mol. The van der Waals surface area contributed by atoms with Crippen LogP contribution in [-0.2, 0) is 4.74 Å². The molecule has 2 heterocycles. The van der Waals surface area contributed by atoms with E-state index >= 15 is 0 Å². The van der Waals surface area contributed by atoms with E-state index in [0.717, 1.165) is 31.4 Å². The Hall–Kier alpha value is -0.380. The number of ether oxygens (including phenoxy) is 1. The van der Waals surface area contributed by atoms with Gasteiger partial charge in [-0.25, -0.2) is 0 Å². The SMILES string of the molecule is Cc1cc(C(O)C2(C)CCCCO2)cs1. The Morgan fingerprint density at radius 1 is 1.53 bits per heavy atom. The Labute approximate surface area is 94.9 Å². The van der Waals surface area contributed by atoms with Crippen LogP contribution in [0.5, 0.6) is 0 Å². The highest BCUT2D eigenvalue weighted by Crippen LogP contribution is 2.37. The van der Waals surface area contributed by atoms with Crippen molar-refractivity contribution in [3.63, 3.8) is 0 Å². The molecule has 1 saturated heterocycles. The number of hydrogen-bond donors (Lipinski definition) is 1. The van der Waals surface area contributed by atoms with Crippen LogP contribution in [0.3, 0.4) is 0 Å². The van der Waals surface area contributed by atoms with Gasteiger partial charge in [-0.2, -0.15) is 0 Å². The van der Waals surface area contributed by atoms with Crippen LogP contribution in [0.2, 0.25) is 0 Å². The standard InChI is InChI=1S/C12H18O2S/c1-9-7-10(8-15-9)11(13)12(2)5-3-4-6-14-12/h7-8,11,13H,3-6H2,1-2H3. The van der Waals surface area contributed by atoms with E-state index in [1.54, 1.807) is 11.3 Å². The molecule has 0 aliphatic carbocycles. The lowest BCUT2D eigenvalue weighted by molar-refractivity contribution is -0.138. The summed E-state index contributed by atoms with van der Waals surface area (Å²) < 4.78 is 5.75. The van der Waals surface area contributed by atoms with Crippen LogP contribution in [0, 0.1) is 6.92 Å². The van der Waals surface area contributed by atoms with Crippen molar-refractivity contribution in [2.24, 2.45) is 0 Å². The molecule has 15 heavy (non-hydrogen) atoms. The van der Waals surface area contributed by atoms with E-state index in [1.807, 2.05) is 12.3 Å². The molecule has 0 spiro atoms. The van der Waals surface area contributed by atoms with Gasteiger partial charge in [0, 0.05) is 11.5 Å².